The number of benzene rings is 2. The minimum atomic E-state index is -0.318. The van der Waals surface area contributed by atoms with Crippen molar-refractivity contribution in [2.75, 3.05) is 25.5 Å². The van der Waals surface area contributed by atoms with E-state index in [1.165, 1.54) is 0 Å². The number of nitrogens with one attached hydrogen (secondary N) is 1. The minimum absolute atomic E-state index is 0.0871. The molecule has 0 aromatic heterocycles. The quantitative estimate of drug-likeness (QED) is 0.877. The topological polar surface area (TPSA) is 58.6 Å². The average Bonchev–Trinajstić information content (AvgIpc) is 3.16. The molecule has 0 radical (unpaired) electrons. The lowest BCUT2D eigenvalue weighted by Gasteiger charge is -2.18. The molecular formula is C20H21ClN2O3. The molecule has 1 N–H and O–H groups in total. The molecule has 0 unspecified atom stereocenters. The Morgan fingerprint density at radius 2 is 1.85 bits per heavy atom. The zero-order valence-corrected chi connectivity index (χ0v) is 15.6. The molecule has 1 saturated heterocycles. The summed E-state index contributed by atoms with van der Waals surface area (Å²) in [4.78, 5) is 27.2. The van der Waals surface area contributed by atoms with E-state index in [9.17, 15) is 9.59 Å². The van der Waals surface area contributed by atoms with Gasteiger partial charge in [-0.2, -0.15) is 0 Å². The number of amides is 2. The van der Waals surface area contributed by atoms with Gasteiger partial charge in [-0.3, -0.25) is 9.59 Å². The van der Waals surface area contributed by atoms with Gasteiger partial charge in [0.05, 0.1) is 18.4 Å². The van der Waals surface area contributed by atoms with E-state index >= 15 is 0 Å². The van der Waals surface area contributed by atoms with Crippen LogP contribution in [0.4, 0.5) is 5.69 Å². The summed E-state index contributed by atoms with van der Waals surface area (Å²) in [6, 6.07) is 10.1. The van der Waals surface area contributed by atoms with Crippen LogP contribution >= 0.6 is 11.6 Å². The van der Waals surface area contributed by atoms with E-state index in [-0.39, 0.29) is 11.8 Å². The summed E-state index contributed by atoms with van der Waals surface area (Å²) in [5, 5.41) is 3.27. The predicted octanol–water partition coefficient (Wildman–Crippen LogP) is 4.15. The van der Waals surface area contributed by atoms with Gasteiger partial charge in [0.15, 0.2) is 0 Å². The van der Waals surface area contributed by atoms with E-state index in [1.54, 1.807) is 42.3 Å². The predicted molar refractivity (Wildman–Crippen MR) is 102 cm³/mol. The number of hydrogen-bond donors (Lipinski definition) is 1. The van der Waals surface area contributed by atoms with Gasteiger partial charge in [0, 0.05) is 23.7 Å². The smallest absolute Gasteiger partial charge is 0.255 e. The van der Waals surface area contributed by atoms with E-state index in [0.717, 1.165) is 31.5 Å². The van der Waals surface area contributed by atoms with Gasteiger partial charge in [-0.15, -0.1) is 0 Å². The molecular weight excluding hydrogens is 352 g/mol. The molecule has 1 heterocycles. The fraction of sp³-hybridized carbons (Fsp3) is 0.300. The summed E-state index contributed by atoms with van der Waals surface area (Å²) in [5.41, 5.74) is 2.26. The van der Waals surface area contributed by atoms with Gasteiger partial charge in [-0.25, -0.2) is 0 Å². The highest BCUT2D eigenvalue weighted by molar-refractivity contribution is 6.31. The van der Waals surface area contributed by atoms with Gasteiger partial charge in [-0.1, -0.05) is 17.7 Å². The number of nitrogens with zero attached hydrogens (tertiary/aromatic N) is 1. The maximum atomic E-state index is 12.8. The summed E-state index contributed by atoms with van der Waals surface area (Å²) in [6.07, 6.45) is 2.01. The van der Waals surface area contributed by atoms with Gasteiger partial charge in [0.1, 0.15) is 5.75 Å². The third kappa shape index (κ3) is 3.83. The molecule has 2 aromatic carbocycles. The average molecular weight is 373 g/mol. The van der Waals surface area contributed by atoms with E-state index in [1.807, 2.05) is 13.0 Å². The number of rotatable bonds is 4. The highest BCUT2D eigenvalue weighted by Crippen LogP contribution is 2.26. The highest BCUT2D eigenvalue weighted by Gasteiger charge is 2.23. The number of carbonyl (C=O) groups excluding carboxylic acids is 2. The van der Waals surface area contributed by atoms with Crippen LogP contribution in [0.3, 0.4) is 0 Å². The lowest BCUT2D eigenvalue weighted by Crippen LogP contribution is -2.28. The van der Waals surface area contributed by atoms with Gasteiger partial charge in [0.25, 0.3) is 11.8 Å². The number of aryl methyl sites for hydroxylation is 1. The number of methoxy groups -OCH3 is 1. The molecule has 0 aliphatic carbocycles. The van der Waals surface area contributed by atoms with Crippen molar-refractivity contribution < 1.29 is 14.3 Å². The number of anilines is 1. The summed E-state index contributed by atoms with van der Waals surface area (Å²) in [6.45, 7) is 3.39. The first-order chi connectivity index (χ1) is 12.5. The molecule has 5 nitrogen and oxygen atoms in total. The Morgan fingerprint density at radius 1 is 1.12 bits per heavy atom. The second kappa shape index (κ2) is 7.79. The number of hydrogen-bond acceptors (Lipinski definition) is 3. The van der Waals surface area contributed by atoms with Crippen molar-refractivity contribution >= 4 is 29.1 Å². The van der Waals surface area contributed by atoms with Crippen molar-refractivity contribution in [1.82, 2.24) is 4.90 Å². The van der Waals surface area contributed by atoms with Crippen LogP contribution in [0, 0.1) is 6.92 Å². The largest absolute Gasteiger partial charge is 0.496 e. The molecule has 0 spiro atoms. The van der Waals surface area contributed by atoms with Crippen molar-refractivity contribution in [1.29, 1.82) is 0 Å². The third-order valence-electron chi connectivity index (χ3n) is 4.52. The van der Waals surface area contributed by atoms with Gasteiger partial charge >= 0.3 is 0 Å². The monoisotopic (exact) mass is 372 g/mol. The van der Waals surface area contributed by atoms with E-state index < -0.39 is 0 Å². The van der Waals surface area contributed by atoms with Crippen molar-refractivity contribution in [3.63, 3.8) is 0 Å². The highest BCUT2D eigenvalue weighted by atomic mass is 35.5. The maximum Gasteiger partial charge on any atom is 0.255 e. The van der Waals surface area contributed by atoms with Crippen LogP contribution in [0.5, 0.6) is 5.75 Å². The second-order valence-corrected chi connectivity index (χ2v) is 6.76. The standard InChI is InChI=1S/C20H21ClN2O3/c1-13-5-6-14(11-18(13)26-2)19(24)22-17-12-15(21)7-8-16(17)20(25)23-9-3-4-10-23/h5-8,11-12H,3-4,9-10H2,1-2H3,(H,22,24). The Kier molecular flexibility index (Phi) is 5.47. The molecule has 6 heteroatoms. The van der Waals surface area contributed by atoms with E-state index in [2.05, 4.69) is 5.32 Å². The van der Waals surface area contributed by atoms with Crippen molar-refractivity contribution in [3.05, 3.63) is 58.1 Å². The molecule has 3 rings (SSSR count). The molecule has 0 atom stereocenters. The zero-order valence-electron chi connectivity index (χ0n) is 14.8. The van der Waals surface area contributed by atoms with Gasteiger partial charge in [0.2, 0.25) is 0 Å². The summed E-state index contributed by atoms with van der Waals surface area (Å²) in [7, 11) is 1.56. The first-order valence-electron chi connectivity index (χ1n) is 8.54. The lowest BCUT2D eigenvalue weighted by molar-refractivity contribution is 0.0794. The zero-order chi connectivity index (χ0) is 18.7. The van der Waals surface area contributed by atoms with Crippen LogP contribution in [0.25, 0.3) is 0 Å². The Bertz CT molecular complexity index is 845. The second-order valence-electron chi connectivity index (χ2n) is 6.33. The van der Waals surface area contributed by atoms with Crippen LogP contribution in [0.15, 0.2) is 36.4 Å². The Labute approximate surface area is 157 Å². The van der Waals surface area contributed by atoms with Crippen LogP contribution in [0.2, 0.25) is 5.02 Å². The SMILES string of the molecule is COc1cc(C(=O)Nc2cc(Cl)ccc2C(=O)N2CCCC2)ccc1C. The molecule has 1 aliphatic rings. The molecule has 26 heavy (non-hydrogen) atoms. The fourth-order valence-electron chi connectivity index (χ4n) is 3.05. The Morgan fingerprint density at radius 3 is 2.54 bits per heavy atom. The first kappa shape index (κ1) is 18.3. The summed E-state index contributed by atoms with van der Waals surface area (Å²) in [5.74, 6) is 0.231. The van der Waals surface area contributed by atoms with Gasteiger partial charge < -0.3 is 15.0 Å². The van der Waals surface area contributed by atoms with Crippen LogP contribution in [0.1, 0.15) is 39.1 Å². The summed E-state index contributed by atoms with van der Waals surface area (Å²) < 4.78 is 5.27. The molecule has 1 fully saturated rings. The van der Waals surface area contributed by atoms with Crippen LogP contribution in [-0.2, 0) is 0 Å². The van der Waals surface area contributed by atoms with Crippen LogP contribution in [-0.4, -0.2) is 36.9 Å². The summed E-state index contributed by atoms with van der Waals surface area (Å²) >= 11 is 6.08. The number of halogens is 1. The third-order valence-corrected chi connectivity index (χ3v) is 4.76. The molecule has 136 valence electrons. The molecule has 0 saturated carbocycles. The minimum Gasteiger partial charge on any atom is -0.496 e. The van der Waals surface area contributed by atoms with Gasteiger partial charge in [-0.05, 0) is 55.7 Å². The molecule has 0 bridgehead atoms. The molecule has 2 aromatic rings. The van der Waals surface area contributed by atoms with Crippen molar-refractivity contribution in [2.45, 2.75) is 19.8 Å². The van der Waals surface area contributed by atoms with E-state index in [0.29, 0.717) is 27.6 Å². The van der Waals surface area contributed by atoms with Crippen molar-refractivity contribution in [3.8, 4) is 5.75 Å². The van der Waals surface area contributed by atoms with Crippen LogP contribution < -0.4 is 10.1 Å². The Balaban J connectivity index is 1.88. The Hall–Kier alpha value is -2.53. The molecule has 2 amide bonds. The fourth-order valence-corrected chi connectivity index (χ4v) is 3.22. The maximum absolute atomic E-state index is 12.8. The van der Waals surface area contributed by atoms with E-state index in [4.69, 9.17) is 16.3 Å². The lowest BCUT2D eigenvalue weighted by atomic mass is 10.1. The van der Waals surface area contributed by atoms with Crippen molar-refractivity contribution in [2.24, 2.45) is 0 Å². The normalized spacial score (nSPS) is 13.6. The number of likely N-dealkylation sites (tertiary alicyclic amines) is 1. The number of carbonyl (C=O) groups is 2. The molecule has 1 aliphatic heterocycles. The first-order valence-corrected chi connectivity index (χ1v) is 8.92. The number of ether oxygens (including phenoxy) is 1.